The number of hydrogen-bond donors (Lipinski definition) is 0. The smallest absolute Gasteiger partial charge is 0.269 e. The lowest BCUT2D eigenvalue weighted by molar-refractivity contribution is -0.384. The van der Waals surface area contributed by atoms with E-state index in [-0.39, 0.29) is 42.7 Å². The van der Waals surface area contributed by atoms with Gasteiger partial charge in [-0.25, -0.2) is 8.42 Å². The number of carbonyl (C=O) groups excluding carboxylic acids is 1. The number of nitrogens with zero attached hydrogens (tertiary/aromatic N) is 3. The molecular formula is C19H18ClN3O6S. The average Bonchev–Trinajstić information content (AvgIpc) is 3.16. The summed E-state index contributed by atoms with van der Waals surface area (Å²) in [6.07, 6.45) is -0.216. The fourth-order valence-electron chi connectivity index (χ4n) is 3.60. The van der Waals surface area contributed by atoms with Crippen molar-refractivity contribution in [2.24, 2.45) is 0 Å². The van der Waals surface area contributed by atoms with Gasteiger partial charge in [0.05, 0.1) is 9.82 Å². The Kier molecular flexibility index (Phi) is 5.39. The van der Waals surface area contributed by atoms with E-state index in [0.29, 0.717) is 17.2 Å². The molecule has 0 N–H and O–H groups in total. The Morgan fingerprint density at radius 3 is 2.40 bits per heavy atom. The van der Waals surface area contributed by atoms with Crippen molar-refractivity contribution in [2.45, 2.75) is 17.4 Å². The molecule has 2 aliphatic rings. The second-order valence-corrected chi connectivity index (χ2v) is 9.42. The monoisotopic (exact) mass is 451 g/mol. The molecule has 0 aromatic heterocycles. The highest BCUT2D eigenvalue weighted by Gasteiger charge is 2.36. The fourth-order valence-corrected chi connectivity index (χ4v) is 5.21. The van der Waals surface area contributed by atoms with E-state index in [0.717, 1.165) is 17.7 Å². The van der Waals surface area contributed by atoms with Gasteiger partial charge in [-0.2, -0.15) is 4.31 Å². The minimum Gasteiger partial charge on any atom is -0.480 e. The maximum atomic E-state index is 12.8. The summed E-state index contributed by atoms with van der Waals surface area (Å²) in [5.41, 5.74) is 0.698. The van der Waals surface area contributed by atoms with Crippen LogP contribution < -0.4 is 4.74 Å². The van der Waals surface area contributed by atoms with Crippen LogP contribution in [0.3, 0.4) is 0 Å². The maximum Gasteiger partial charge on any atom is 0.269 e. The van der Waals surface area contributed by atoms with E-state index in [9.17, 15) is 23.3 Å². The van der Waals surface area contributed by atoms with Crippen LogP contribution in [0.25, 0.3) is 0 Å². The first kappa shape index (κ1) is 20.6. The molecule has 0 unspecified atom stereocenters. The molecule has 0 spiro atoms. The second kappa shape index (κ2) is 7.86. The van der Waals surface area contributed by atoms with Crippen LogP contribution in [0, 0.1) is 10.1 Å². The van der Waals surface area contributed by atoms with Crippen molar-refractivity contribution in [2.75, 3.05) is 26.2 Å². The number of hydrogen-bond acceptors (Lipinski definition) is 6. The van der Waals surface area contributed by atoms with Crippen LogP contribution in [-0.4, -0.2) is 60.7 Å². The normalized spacial score (nSPS) is 19.2. The summed E-state index contributed by atoms with van der Waals surface area (Å²) in [4.78, 5) is 24.6. The van der Waals surface area contributed by atoms with Crippen LogP contribution >= 0.6 is 11.6 Å². The number of rotatable bonds is 4. The first-order chi connectivity index (χ1) is 14.3. The van der Waals surface area contributed by atoms with Gasteiger partial charge in [0.2, 0.25) is 10.0 Å². The van der Waals surface area contributed by atoms with E-state index in [4.69, 9.17) is 16.3 Å². The molecule has 1 fully saturated rings. The Morgan fingerprint density at radius 1 is 1.10 bits per heavy atom. The fraction of sp³-hybridized carbons (Fsp3) is 0.316. The highest BCUT2D eigenvalue weighted by atomic mass is 35.5. The molecule has 2 aromatic carbocycles. The van der Waals surface area contributed by atoms with Crippen LogP contribution in [0.1, 0.15) is 5.56 Å². The molecule has 0 saturated carbocycles. The summed E-state index contributed by atoms with van der Waals surface area (Å²) in [5.74, 6) is 0.451. The number of piperazine rings is 1. The lowest BCUT2D eigenvalue weighted by Crippen LogP contribution is -2.53. The molecule has 4 rings (SSSR count). The standard InChI is InChI=1S/C19H18ClN3O6S/c20-14-1-6-17-13(11-14)12-18(29-17)19(24)21-7-9-22(10-8-21)30(27,28)16-4-2-15(3-5-16)23(25)26/h1-6,11,18H,7-10,12H2/t18-/m1/s1. The zero-order valence-corrected chi connectivity index (χ0v) is 17.3. The number of carbonyl (C=O) groups is 1. The highest BCUT2D eigenvalue weighted by molar-refractivity contribution is 7.89. The van der Waals surface area contributed by atoms with Gasteiger partial charge in [-0.3, -0.25) is 14.9 Å². The van der Waals surface area contributed by atoms with Gasteiger partial charge in [0.15, 0.2) is 6.10 Å². The number of ether oxygens (including phenoxy) is 1. The third-order valence-corrected chi connectivity index (χ3v) is 7.36. The summed E-state index contributed by atoms with van der Waals surface area (Å²) in [5, 5.41) is 11.3. The second-order valence-electron chi connectivity index (χ2n) is 7.04. The maximum absolute atomic E-state index is 12.8. The SMILES string of the molecule is O=C([C@H]1Cc2cc(Cl)ccc2O1)N1CCN(S(=O)(=O)c2ccc([N+](=O)[O-])cc2)CC1. The minimum absolute atomic E-state index is 0.0145. The zero-order valence-electron chi connectivity index (χ0n) is 15.7. The van der Waals surface area contributed by atoms with Crippen molar-refractivity contribution < 1.29 is 22.9 Å². The molecule has 158 valence electrons. The zero-order chi connectivity index (χ0) is 21.5. The van der Waals surface area contributed by atoms with Crippen molar-refractivity contribution in [3.8, 4) is 5.75 Å². The molecule has 2 aromatic rings. The third-order valence-electron chi connectivity index (χ3n) is 5.21. The van der Waals surface area contributed by atoms with Gasteiger partial charge in [-0.1, -0.05) is 11.6 Å². The van der Waals surface area contributed by atoms with Crippen molar-refractivity contribution in [3.63, 3.8) is 0 Å². The lowest BCUT2D eigenvalue weighted by Gasteiger charge is -2.35. The number of non-ortho nitro benzene ring substituents is 1. The quantitative estimate of drug-likeness (QED) is 0.520. The van der Waals surface area contributed by atoms with Gasteiger partial charge in [-0.05, 0) is 35.9 Å². The Balaban J connectivity index is 1.39. The molecule has 30 heavy (non-hydrogen) atoms. The number of nitro benzene ring substituents is 1. The summed E-state index contributed by atoms with van der Waals surface area (Å²) in [7, 11) is -3.79. The van der Waals surface area contributed by atoms with Crippen molar-refractivity contribution in [3.05, 3.63) is 63.2 Å². The Bertz CT molecular complexity index is 1100. The van der Waals surface area contributed by atoms with Gasteiger partial charge in [0.25, 0.3) is 11.6 Å². The molecule has 0 radical (unpaired) electrons. The predicted octanol–water partition coefficient (Wildman–Crippen LogP) is 2.08. The van der Waals surface area contributed by atoms with Gasteiger partial charge in [0, 0.05) is 49.8 Å². The molecule has 11 heteroatoms. The number of amides is 1. The summed E-state index contributed by atoms with van der Waals surface area (Å²) >= 11 is 5.99. The number of sulfonamides is 1. The number of fused-ring (bicyclic) bond motifs is 1. The number of halogens is 1. The molecule has 0 aliphatic carbocycles. The topological polar surface area (TPSA) is 110 Å². The van der Waals surface area contributed by atoms with Crippen LogP contribution in [0.15, 0.2) is 47.4 Å². The van der Waals surface area contributed by atoms with E-state index in [2.05, 4.69) is 0 Å². The molecule has 9 nitrogen and oxygen atoms in total. The largest absolute Gasteiger partial charge is 0.480 e. The Labute approximate surface area is 178 Å². The van der Waals surface area contributed by atoms with Crippen molar-refractivity contribution in [1.29, 1.82) is 0 Å². The van der Waals surface area contributed by atoms with E-state index >= 15 is 0 Å². The highest BCUT2D eigenvalue weighted by Crippen LogP contribution is 2.32. The van der Waals surface area contributed by atoms with Crippen LogP contribution in [0.2, 0.25) is 5.02 Å². The molecule has 2 heterocycles. The first-order valence-corrected chi connectivity index (χ1v) is 11.1. The van der Waals surface area contributed by atoms with Crippen molar-refractivity contribution in [1.82, 2.24) is 9.21 Å². The Morgan fingerprint density at radius 2 is 1.77 bits per heavy atom. The number of nitro groups is 1. The molecular weight excluding hydrogens is 434 g/mol. The van der Waals surface area contributed by atoms with E-state index in [1.807, 2.05) is 0 Å². The van der Waals surface area contributed by atoms with Gasteiger partial charge >= 0.3 is 0 Å². The van der Waals surface area contributed by atoms with E-state index in [1.165, 1.54) is 16.4 Å². The Hall–Kier alpha value is -2.69. The summed E-state index contributed by atoms with van der Waals surface area (Å²) in [6.45, 7) is 0.747. The van der Waals surface area contributed by atoms with Gasteiger partial charge in [0.1, 0.15) is 5.75 Å². The third kappa shape index (κ3) is 3.85. The summed E-state index contributed by atoms with van der Waals surface area (Å²) in [6, 6.07) is 9.98. The van der Waals surface area contributed by atoms with Gasteiger partial charge < -0.3 is 9.64 Å². The molecule has 2 aliphatic heterocycles. The van der Waals surface area contributed by atoms with Crippen LogP contribution in [0.4, 0.5) is 5.69 Å². The minimum atomic E-state index is -3.79. The molecule has 0 bridgehead atoms. The predicted molar refractivity (Wildman–Crippen MR) is 108 cm³/mol. The van der Waals surface area contributed by atoms with Crippen LogP contribution in [-0.2, 0) is 21.2 Å². The lowest BCUT2D eigenvalue weighted by atomic mass is 10.1. The van der Waals surface area contributed by atoms with E-state index < -0.39 is 21.1 Å². The van der Waals surface area contributed by atoms with Crippen LogP contribution in [0.5, 0.6) is 5.75 Å². The molecule has 1 atom stereocenters. The van der Waals surface area contributed by atoms with Gasteiger partial charge in [-0.15, -0.1) is 0 Å². The summed E-state index contributed by atoms with van der Waals surface area (Å²) < 4.78 is 32.6. The first-order valence-electron chi connectivity index (χ1n) is 9.24. The average molecular weight is 452 g/mol. The number of benzene rings is 2. The molecule has 1 saturated heterocycles. The van der Waals surface area contributed by atoms with Crippen molar-refractivity contribution >= 4 is 33.2 Å². The van der Waals surface area contributed by atoms with E-state index in [1.54, 1.807) is 23.1 Å². The molecule has 1 amide bonds.